The highest BCUT2D eigenvalue weighted by Gasteiger charge is 2.24. The van der Waals surface area contributed by atoms with Crippen LogP contribution < -0.4 is 14.4 Å². The molecule has 0 spiro atoms. The molecule has 0 bridgehead atoms. The maximum atomic E-state index is 13.0. The molecule has 0 unspecified atom stereocenters. The molecule has 0 atom stereocenters. The minimum Gasteiger partial charge on any atom is -0.493 e. The monoisotopic (exact) mass is 527 g/mol. The lowest BCUT2D eigenvalue weighted by molar-refractivity contribution is -0.145. The highest BCUT2D eigenvalue weighted by Crippen LogP contribution is 2.35. The number of nitrogens with zero attached hydrogens (tertiary/aromatic N) is 3. The first-order valence-electron chi connectivity index (χ1n) is 10.8. The van der Waals surface area contributed by atoms with Crippen LogP contribution >= 0.6 is 15.9 Å². The van der Waals surface area contributed by atoms with Crippen molar-refractivity contribution in [2.24, 2.45) is 0 Å². The van der Waals surface area contributed by atoms with Crippen molar-refractivity contribution in [1.29, 1.82) is 5.26 Å². The summed E-state index contributed by atoms with van der Waals surface area (Å²) in [7, 11) is 1.47. The largest absolute Gasteiger partial charge is 0.493 e. The Hall–Kier alpha value is -3.51. The van der Waals surface area contributed by atoms with Crippen LogP contribution in [0.1, 0.15) is 12.5 Å². The number of benzene rings is 2. The van der Waals surface area contributed by atoms with Crippen molar-refractivity contribution in [3.8, 4) is 17.6 Å². The molecule has 0 radical (unpaired) electrons. The number of ether oxygens (including phenoxy) is 3. The highest BCUT2D eigenvalue weighted by molar-refractivity contribution is 9.10. The van der Waals surface area contributed by atoms with Gasteiger partial charge in [0.2, 0.25) is 0 Å². The number of carbonyl (C=O) groups is 2. The summed E-state index contributed by atoms with van der Waals surface area (Å²) >= 11 is 3.45. The highest BCUT2D eigenvalue weighted by atomic mass is 79.9. The van der Waals surface area contributed by atoms with E-state index in [1.165, 1.54) is 13.2 Å². The van der Waals surface area contributed by atoms with Gasteiger partial charge >= 0.3 is 5.97 Å². The van der Waals surface area contributed by atoms with Gasteiger partial charge in [-0.15, -0.1) is 0 Å². The molecule has 2 aromatic carbocycles. The Labute approximate surface area is 207 Å². The molecule has 1 fully saturated rings. The fourth-order valence-electron chi connectivity index (χ4n) is 3.55. The van der Waals surface area contributed by atoms with Gasteiger partial charge in [-0.2, -0.15) is 5.26 Å². The topological polar surface area (TPSA) is 92.1 Å². The Morgan fingerprint density at radius 2 is 1.82 bits per heavy atom. The van der Waals surface area contributed by atoms with Gasteiger partial charge in [-0.05, 0) is 42.8 Å². The van der Waals surface area contributed by atoms with Crippen LogP contribution in [-0.4, -0.2) is 63.3 Å². The van der Waals surface area contributed by atoms with Gasteiger partial charge in [0.1, 0.15) is 11.6 Å². The summed E-state index contributed by atoms with van der Waals surface area (Å²) < 4.78 is 16.3. The molecule has 9 heteroatoms. The number of hydrogen-bond donors (Lipinski definition) is 0. The third kappa shape index (κ3) is 6.29. The van der Waals surface area contributed by atoms with E-state index >= 15 is 0 Å². The molecule has 1 saturated heterocycles. The van der Waals surface area contributed by atoms with Crippen LogP contribution in [0.5, 0.6) is 11.5 Å². The van der Waals surface area contributed by atoms with Gasteiger partial charge in [-0.25, -0.2) is 4.79 Å². The number of methoxy groups -OCH3 is 1. The molecule has 34 heavy (non-hydrogen) atoms. The summed E-state index contributed by atoms with van der Waals surface area (Å²) in [5.41, 5.74) is 1.72. The fourth-order valence-corrected chi connectivity index (χ4v) is 3.98. The van der Waals surface area contributed by atoms with E-state index in [1.807, 2.05) is 36.4 Å². The summed E-state index contributed by atoms with van der Waals surface area (Å²) in [6, 6.07) is 15.3. The Morgan fingerprint density at radius 3 is 2.44 bits per heavy atom. The summed E-state index contributed by atoms with van der Waals surface area (Å²) in [4.78, 5) is 28.5. The van der Waals surface area contributed by atoms with Gasteiger partial charge < -0.3 is 24.0 Å². The quantitative estimate of drug-likeness (QED) is 0.294. The molecule has 178 valence electrons. The first-order valence-corrected chi connectivity index (χ1v) is 11.6. The Balaban J connectivity index is 1.72. The molecule has 8 nitrogen and oxygen atoms in total. The molecule has 1 aliphatic heterocycles. The molecule has 1 amide bonds. The lowest BCUT2D eigenvalue weighted by Crippen LogP contribution is -2.49. The van der Waals surface area contributed by atoms with Crippen LogP contribution in [0.3, 0.4) is 0 Å². The minimum atomic E-state index is -0.491. The molecular formula is C25H26BrN3O5. The van der Waals surface area contributed by atoms with E-state index in [0.29, 0.717) is 47.7 Å². The van der Waals surface area contributed by atoms with Crippen molar-refractivity contribution in [3.05, 3.63) is 58.1 Å². The van der Waals surface area contributed by atoms with Crippen LogP contribution in [0.15, 0.2) is 52.5 Å². The molecule has 3 rings (SSSR count). The number of piperazine rings is 1. The minimum absolute atomic E-state index is 0.0242. The zero-order valence-corrected chi connectivity index (χ0v) is 20.7. The first kappa shape index (κ1) is 25.1. The van der Waals surface area contributed by atoms with Crippen molar-refractivity contribution in [2.75, 3.05) is 51.4 Å². The van der Waals surface area contributed by atoms with Gasteiger partial charge in [0.05, 0.1) is 13.7 Å². The SMILES string of the molecule is CCOC(=O)COc1cc(Br)c(/C=C(/C#N)C(=O)N2CCN(c3ccccc3)CC2)cc1OC. The second kappa shape index (κ2) is 12.1. The maximum absolute atomic E-state index is 13.0. The Bertz CT molecular complexity index is 1090. The van der Waals surface area contributed by atoms with E-state index in [2.05, 4.69) is 20.8 Å². The zero-order valence-electron chi connectivity index (χ0n) is 19.1. The fraction of sp³-hybridized carbons (Fsp3) is 0.320. The summed E-state index contributed by atoms with van der Waals surface area (Å²) in [6.07, 6.45) is 1.52. The summed E-state index contributed by atoms with van der Waals surface area (Å²) in [6.45, 7) is 4.15. The molecular weight excluding hydrogens is 502 g/mol. The maximum Gasteiger partial charge on any atom is 0.344 e. The standard InChI is InChI=1S/C25H26BrN3O5/c1-3-33-24(30)17-34-23-15-21(26)18(14-22(23)32-2)13-19(16-27)25(31)29-11-9-28(10-12-29)20-7-5-4-6-8-20/h4-8,13-15H,3,9-12,17H2,1-2H3/b19-13-. The van der Waals surface area contributed by atoms with E-state index in [0.717, 1.165) is 5.69 Å². The Morgan fingerprint density at radius 1 is 1.12 bits per heavy atom. The average Bonchev–Trinajstić information content (AvgIpc) is 2.87. The third-order valence-corrected chi connectivity index (χ3v) is 5.96. The second-order valence-electron chi connectivity index (χ2n) is 7.40. The molecule has 2 aromatic rings. The molecule has 0 saturated carbocycles. The lowest BCUT2D eigenvalue weighted by atomic mass is 10.1. The number of nitriles is 1. The number of carbonyl (C=O) groups excluding carboxylic acids is 2. The Kier molecular flexibility index (Phi) is 8.93. The average molecular weight is 528 g/mol. The lowest BCUT2D eigenvalue weighted by Gasteiger charge is -2.36. The van der Waals surface area contributed by atoms with Crippen LogP contribution in [-0.2, 0) is 14.3 Å². The van der Waals surface area contributed by atoms with Crippen LogP contribution in [0.2, 0.25) is 0 Å². The molecule has 1 heterocycles. The smallest absolute Gasteiger partial charge is 0.344 e. The van der Waals surface area contributed by atoms with Gasteiger partial charge in [0.25, 0.3) is 5.91 Å². The van der Waals surface area contributed by atoms with Crippen molar-refractivity contribution < 1.29 is 23.8 Å². The number of anilines is 1. The number of para-hydroxylation sites is 1. The van der Waals surface area contributed by atoms with Crippen molar-refractivity contribution in [2.45, 2.75) is 6.92 Å². The third-order valence-electron chi connectivity index (χ3n) is 5.27. The number of rotatable bonds is 8. The van der Waals surface area contributed by atoms with Gasteiger partial charge in [0, 0.05) is 36.3 Å². The van der Waals surface area contributed by atoms with E-state index in [4.69, 9.17) is 14.2 Å². The van der Waals surface area contributed by atoms with E-state index in [1.54, 1.807) is 24.0 Å². The van der Waals surface area contributed by atoms with E-state index in [9.17, 15) is 14.9 Å². The number of amides is 1. The van der Waals surface area contributed by atoms with Gasteiger partial charge in [-0.1, -0.05) is 34.1 Å². The summed E-state index contributed by atoms with van der Waals surface area (Å²) in [5, 5.41) is 9.69. The van der Waals surface area contributed by atoms with Crippen molar-refractivity contribution in [1.82, 2.24) is 4.90 Å². The zero-order chi connectivity index (χ0) is 24.5. The van der Waals surface area contributed by atoms with Crippen LogP contribution in [0, 0.1) is 11.3 Å². The van der Waals surface area contributed by atoms with Crippen molar-refractivity contribution in [3.63, 3.8) is 0 Å². The molecule has 0 aromatic heterocycles. The van der Waals surface area contributed by atoms with Crippen LogP contribution in [0.25, 0.3) is 6.08 Å². The normalized spacial score (nSPS) is 13.8. The molecule has 0 N–H and O–H groups in total. The molecule has 0 aliphatic carbocycles. The van der Waals surface area contributed by atoms with Crippen molar-refractivity contribution >= 4 is 39.6 Å². The first-order chi connectivity index (χ1) is 16.5. The van der Waals surface area contributed by atoms with Gasteiger partial charge in [-0.3, -0.25) is 4.79 Å². The van der Waals surface area contributed by atoms with E-state index in [-0.39, 0.29) is 24.7 Å². The summed E-state index contributed by atoms with van der Waals surface area (Å²) in [5.74, 6) is -0.112. The second-order valence-corrected chi connectivity index (χ2v) is 8.26. The predicted octanol–water partition coefficient (Wildman–Crippen LogP) is 3.66. The number of esters is 1. The van der Waals surface area contributed by atoms with E-state index < -0.39 is 5.97 Å². The van der Waals surface area contributed by atoms with Crippen LogP contribution in [0.4, 0.5) is 5.69 Å². The number of halogens is 1. The van der Waals surface area contributed by atoms with Gasteiger partial charge in [0.15, 0.2) is 18.1 Å². The number of hydrogen-bond acceptors (Lipinski definition) is 7. The molecule has 1 aliphatic rings. The predicted molar refractivity (Wildman–Crippen MR) is 132 cm³/mol.